The molecule has 2 aromatic carbocycles. The van der Waals surface area contributed by atoms with E-state index in [1.165, 1.54) is 17.4 Å². The Hall–Kier alpha value is -2.75. The molecular weight excluding hydrogens is 427 g/mol. The van der Waals surface area contributed by atoms with E-state index in [-0.39, 0.29) is 18.5 Å². The molecule has 0 aliphatic rings. The van der Waals surface area contributed by atoms with E-state index in [0.717, 1.165) is 17.0 Å². The van der Waals surface area contributed by atoms with Crippen LogP contribution in [-0.4, -0.2) is 33.3 Å². The lowest BCUT2D eigenvalue weighted by Gasteiger charge is -2.14. The average molecular weight is 447 g/mol. The van der Waals surface area contributed by atoms with Crippen molar-refractivity contribution in [2.75, 3.05) is 19.9 Å². The Morgan fingerprint density at radius 2 is 2.00 bits per heavy atom. The van der Waals surface area contributed by atoms with Crippen molar-refractivity contribution in [2.45, 2.75) is 6.42 Å². The molecule has 2 aromatic heterocycles. The lowest BCUT2D eigenvalue weighted by atomic mass is 9.96. The second-order valence-corrected chi connectivity index (χ2v) is 9.65. The number of benzene rings is 2. The van der Waals surface area contributed by atoms with Crippen LogP contribution >= 0.6 is 11.3 Å². The fourth-order valence-corrected chi connectivity index (χ4v) is 4.83. The van der Waals surface area contributed by atoms with Crippen molar-refractivity contribution in [3.8, 4) is 16.9 Å². The van der Waals surface area contributed by atoms with Gasteiger partial charge in [-0.2, -0.15) is 0 Å². The summed E-state index contributed by atoms with van der Waals surface area (Å²) < 4.78 is 45.8. The van der Waals surface area contributed by atoms with E-state index in [0.29, 0.717) is 32.7 Å². The van der Waals surface area contributed by atoms with Crippen molar-refractivity contribution in [1.29, 1.82) is 0 Å². The van der Waals surface area contributed by atoms with Crippen LogP contribution in [-0.2, 0) is 16.4 Å². The first kappa shape index (κ1) is 20.5. The Bertz CT molecular complexity index is 1420. The van der Waals surface area contributed by atoms with Crippen LogP contribution in [0.1, 0.15) is 5.56 Å². The van der Waals surface area contributed by atoms with Crippen LogP contribution in [0.3, 0.4) is 0 Å². The van der Waals surface area contributed by atoms with E-state index in [9.17, 15) is 17.6 Å². The molecule has 2 N–H and O–H groups in total. The number of fused-ring (bicyclic) bond motifs is 3. The Morgan fingerprint density at radius 3 is 2.70 bits per heavy atom. The van der Waals surface area contributed by atoms with Crippen molar-refractivity contribution in [1.82, 2.24) is 9.71 Å². The summed E-state index contributed by atoms with van der Waals surface area (Å²) >= 11 is 1.35. The van der Waals surface area contributed by atoms with Gasteiger partial charge in [-0.1, -0.05) is 12.1 Å². The van der Waals surface area contributed by atoms with Crippen LogP contribution in [0.5, 0.6) is 5.75 Å². The van der Waals surface area contributed by atoms with Crippen molar-refractivity contribution in [3.63, 3.8) is 0 Å². The van der Waals surface area contributed by atoms with Crippen LogP contribution in [0.2, 0.25) is 0 Å². The Balaban J connectivity index is 1.85. The van der Waals surface area contributed by atoms with Crippen LogP contribution in [0.15, 0.2) is 46.6 Å². The summed E-state index contributed by atoms with van der Waals surface area (Å²) in [6.45, 7) is 0.115. The van der Waals surface area contributed by atoms with Gasteiger partial charge in [-0.3, -0.25) is 4.79 Å². The molecule has 0 saturated carbocycles. The molecule has 0 spiro atoms. The number of hydrogen-bond acceptors (Lipinski definition) is 5. The van der Waals surface area contributed by atoms with Crippen molar-refractivity contribution in [2.24, 2.45) is 0 Å². The van der Waals surface area contributed by atoms with Gasteiger partial charge in [0.25, 0.3) is 5.56 Å². The highest BCUT2D eigenvalue weighted by Crippen LogP contribution is 2.40. The van der Waals surface area contributed by atoms with Gasteiger partial charge in [-0.05, 0) is 47.2 Å². The average Bonchev–Trinajstić information content (AvgIpc) is 3.18. The molecule has 156 valence electrons. The van der Waals surface area contributed by atoms with Crippen LogP contribution in [0, 0.1) is 5.82 Å². The SMILES string of the molecule is COc1ccc2[nH]c(=O)c3sccc3c2c1-c1ccc(CCNS(C)(=O)=O)c(F)c1. The largest absolute Gasteiger partial charge is 0.496 e. The highest BCUT2D eigenvalue weighted by Gasteiger charge is 2.17. The number of hydrogen-bond donors (Lipinski definition) is 2. The molecule has 0 radical (unpaired) electrons. The molecule has 9 heteroatoms. The number of rotatable bonds is 6. The van der Waals surface area contributed by atoms with Gasteiger partial charge in [0, 0.05) is 28.4 Å². The zero-order valence-electron chi connectivity index (χ0n) is 16.3. The lowest BCUT2D eigenvalue weighted by molar-refractivity contribution is 0.417. The minimum absolute atomic E-state index is 0.115. The molecule has 4 rings (SSSR count). The number of methoxy groups -OCH3 is 1. The lowest BCUT2D eigenvalue weighted by Crippen LogP contribution is -2.24. The molecule has 0 unspecified atom stereocenters. The summed E-state index contributed by atoms with van der Waals surface area (Å²) in [4.78, 5) is 15.2. The molecule has 0 aliphatic heterocycles. The number of halogens is 1. The molecule has 0 amide bonds. The van der Waals surface area contributed by atoms with Crippen LogP contribution in [0.4, 0.5) is 4.39 Å². The maximum Gasteiger partial charge on any atom is 0.266 e. The topological polar surface area (TPSA) is 88.3 Å². The van der Waals surface area contributed by atoms with Crippen molar-refractivity contribution in [3.05, 3.63) is 63.5 Å². The second-order valence-electron chi connectivity index (χ2n) is 6.91. The number of aromatic nitrogens is 1. The third kappa shape index (κ3) is 3.83. The third-order valence-corrected chi connectivity index (χ3v) is 6.52. The molecule has 0 saturated heterocycles. The molecule has 0 bridgehead atoms. The van der Waals surface area contributed by atoms with Gasteiger partial charge in [0.1, 0.15) is 16.3 Å². The summed E-state index contributed by atoms with van der Waals surface area (Å²) in [5.41, 5.74) is 2.18. The monoisotopic (exact) mass is 446 g/mol. The smallest absolute Gasteiger partial charge is 0.266 e. The fourth-order valence-electron chi connectivity index (χ4n) is 3.56. The van der Waals surface area contributed by atoms with Gasteiger partial charge in [-0.25, -0.2) is 17.5 Å². The summed E-state index contributed by atoms with van der Waals surface area (Å²) in [6, 6.07) is 10.2. The molecule has 4 aromatic rings. The highest BCUT2D eigenvalue weighted by atomic mass is 32.2. The van der Waals surface area contributed by atoms with Crippen LogP contribution < -0.4 is 15.0 Å². The summed E-state index contributed by atoms with van der Waals surface area (Å²) in [5, 5.41) is 3.42. The van der Waals surface area contributed by atoms with E-state index in [1.54, 1.807) is 31.4 Å². The number of thiophene rings is 1. The first-order chi connectivity index (χ1) is 14.3. The van der Waals surface area contributed by atoms with Gasteiger partial charge in [0.15, 0.2) is 0 Å². The number of sulfonamides is 1. The Kier molecular flexibility index (Phi) is 5.35. The minimum atomic E-state index is -3.33. The summed E-state index contributed by atoms with van der Waals surface area (Å²) in [7, 11) is -1.78. The van der Waals surface area contributed by atoms with Gasteiger partial charge < -0.3 is 9.72 Å². The predicted molar refractivity (Wildman–Crippen MR) is 118 cm³/mol. The maximum atomic E-state index is 14.8. The normalized spacial score (nSPS) is 12.0. The summed E-state index contributed by atoms with van der Waals surface area (Å²) in [6.07, 6.45) is 1.29. The summed E-state index contributed by atoms with van der Waals surface area (Å²) in [5.74, 6) is 0.126. The second kappa shape index (κ2) is 7.82. The molecule has 0 aliphatic carbocycles. The first-order valence-corrected chi connectivity index (χ1v) is 11.9. The molecule has 30 heavy (non-hydrogen) atoms. The molecule has 0 fully saturated rings. The highest BCUT2D eigenvalue weighted by molar-refractivity contribution is 7.88. The molecule has 6 nitrogen and oxygen atoms in total. The van der Waals surface area contributed by atoms with Crippen LogP contribution in [0.25, 0.3) is 32.1 Å². The van der Waals surface area contributed by atoms with E-state index in [1.807, 2.05) is 11.4 Å². The standard InChI is InChI=1S/C21H19FN2O4S2/c1-28-17-6-5-16-19(14-8-10-29-20(14)21(25)24-16)18(17)13-4-3-12(15(22)11-13)7-9-23-30(2,26)27/h3-6,8,10-11,23H,7,9H2,1-2H3,(H,24,25). The molecule has 2 heterocycles. The Labute approximate surface area is 176 Å². The zero-order chi connectivity index (χ0) is 21.5. The number of nitrogens with one attached hydrogen (secondary N) is 2. The van der Waals surface area contributed by atoms with E-state index in [2.05, 4.69) is 9.71 Å². The first-order valence-electron chi connectivity index (χ1n) is 9.12. The zero-order valence-corrected chi connectivity index (χ0v) is 17.9. The molecular formula is C21H19FN2O4S2. The van der Waals surface area contributed by atoms with Gasteiger partial charge in [0.2, 0.25) is 10.0 Å². The third-order valence-electron chi connectivity index (χ3n) is 4.88. The van der Waals surface area contributed by atoms with E-state index >= 15 is 0 Å². The van der Waals surface area contributed by atoms with E-state index in [4.69, 9.17) is 4.74 Å². The number of ether oxygens (including phenoxy) is 1. The van der Waals surface area contributed by atoms with E-state index < -0.39 is 15.8 Å². The quantitative estimate of drug-likeness (QED) is 0.473. The maximum absolute atomic E-state index is 14.8. The number of aromatic amines is 1. The minimum Gasteiger partial charge on any atom is -0.496 e. The number of H-pyrrole nitrogens is 1. The Morgan fingerprint density at radius 1 is 1.20 bits per heavy atom. The van der Waals surface area contributed by atoms with Crippen molar-refractivity contribution >= 4 is 42.3 Å². The predicted octanol–water partition coefficient (Wildman–Crippen LogP) is 3.65. The van der Waals surface area contributed by atoms with Crippen molar-refractivity contribution < 1.29 is 17.5 Å². The molecule has 0 atom stereocenters. The fraction of sp³-hybridized carbons (Fsp3) is 0.190. The van der Waals surface area contributed by atoms with Gasteiger partial charge in [0.05, 0.1) is 13.4 Å². The van der Waals surface area contributed by atoms with Gasteiger partial charge >= 0.3 is 0 Å². The van der Waals surface area contributed by atoms with Gasteiger partial charge in [-0.15, -0.1) is 11.3 Å². The number of pyridine rings is 1.